The molecule has 0 unspecified atom stereocenters. The quantitative estimate of drug-likeness (QED) is 0.409. The Morgan fingerprint density at radius 3 is 2.41 bits per heavy atom. The number of ether oxygens (including phenoxy) is 2. The lowest BCUT2D eigenvalue weighted by atomic mass is 9.91. The van der Waals surface area contributed by atoms with E-state index in [0.717, 1.165) is 44.7 Å². The number of hydrogen-bond donors (Lipinski definition) is 2. The van der Waals surface area contributed by atoms with E-state index in [1.165, 1.54) is 0 Å². The fourth-order valence-corrected chi connectivity index (χ4v) is 4.06. The van der Waals surface area contributed by atoms with Crippen molar-refractivity contribution in [3.8, 4) is 11.5 Å². The number of amides is 1. The molecule has 32 heavy (non-hydrogen) atoms. The number of hydrogen-bond acceptors (Lipinski definition) is 3. The average Bonchev–Trinajstić information content (AvgIpc) is 3.23. The van der Waals surface area contributed by atoms with Crippen molar-refractivity contribution in [1.29, 1.82) is 0 Å². The molecule has 1 atom stereocenters. The van der Waals surface area contributed by atoms with Gasteiger partial charge in [-0.1, -0.05) is 48.5 Å². The predicted molar refractivity (Wildman–Crippen MR) is 128 cm³/mol. The maximum Gasteiger partial charge on any atom is 0.257 e. The molecule has 3 aromatic carbocycles. The Kier molecular flexibility index (Phi) is 6.45. The number of fused-ring (bicyclic) bond motifs is 1. The van der Waals surface area contributed by atoms with Gasteiger partial charge < -0.3 is 19.8 Å². The van der Waals surface area contributed by atoms with Crippen LogP contribution in [-0.2, 0) is 4.79 Å². The second-order valence-corrected chi connectivity index (χ2v) is 7.93. The van der Waals surface area contributed by atoms with Crippen LogP contribution in [0.15, 0.2) is 72.9 Å². The SMILES string of the molecule is COc1ccc([C@H](CNC(=O)COc2c(C)cccc2C)c2c[nH]c3ccccc23)cc1. The normalized spacial score (nSPS) is 11.8. The van der Waals surface area contributed by atoms with E-state index in [1.807, 2.05) is 74.6 Å². The minimum atomic E-state index is -0.147. The van der Waals surface area contributed by atoms with Crippen LogP contribution in [0.2, 0.25) is 0 Å². The van der Waals surface area contributed by atoms with Crippen LogP contribution >= 0.6 is 0 Å². The van der Waals surface area contributed by atoms with Crippen molar-refractivity contribution < 1.29 is 14.3 Å². The molecule has 0 spiro atoms. The van der Waals surface area contributed by atoms with Crippen LogP contribution in [0.1, 0.15) is 28.2 Å². The lowest BCUT2D eigenvalue weighted by Crippen LogP contribution is -2.33. The van der Waals surface area contributed by atoms with Gasteiger partial charge in [0.1, 0.15) is 11.5 Å². The van der Waals surface area contributed by atoms with Gasteiger partial charge in [-0.2, -0.15) is 0 Å². The van der Waals surface area contributed by atoms with Crippen molar-refractivity contribution in [2.24, 2.45) is 0 Å². The zero-order chi connectivity index (χ0) is 22.5. The molecule has 0 bridgehead atoms. The number of benzene rings is 3. The molecular weight excluding hydrogens is 400 g/mol. The van der Waals surface area contributed by atoms with Crippen molar-refractivity contribution in [2.45, 2.75) is 19.8 Å². The van der Waals surface area contributed by atoms with E-state index >= 15 is 0 Å². The summed E-state index contributed by atoms with van der Waals surface area (Å²) in [6.45, 7) is 4.41. The zero-order valence-corrected chi connectivity index (χ0v) is 18.6. The summed E-state index contributed by atoms with van der Waals surface area (Å²) in [5, 5.41) is 4.21. The lowest BCUT2D eigenvalue weighted by Gasteiger charge is -2.19. The summed E-state index contributed by atoms with van der Waals surface area (Å²) < 4.78 is 11.1. The first-order chi connectivity index (χ1) is 15.6. The smallest absolute Gasteiger partial charge is 0.257 e. The number of para-hydroxylation sites is 2. The second kappa shape index (κ2) is 9.60. The summed E-state index contributed by atoms with van der Waals surface area (Å²) in [6, 6.07) is 22.1. The largest absolute Gasteiger partial charge is 0.497 e. The van der Waals surface area contributed by atoms with Gasteiger partial charge in [0.2, 0.25) is 0 Å². The number of aromatic nitrogens is 1. The fraction of sp³-hybridized carbons (Fsp3) is 0.222. The van der Waals surface area contributed by atoms with Crippen LogP contribution < -0.4 is 14.8 Å². The molecule has 0 radical (unpaired) electrons. The van der Waals surface area contributed by atoms with Crippen LogP contribution in [0.5, 0.6) is 11.5 Å². The molecule has 4 aromatic rings. The number of aromatic amines is 1. The van der Waals surface area contributed by atoms with Crippen molar-refractivity contribution in [3.05, 3.63) is 95.2 Å². The topological polar surface area (TPSA) is 63.4 Å². The van der Waals surface area contributed by atoms with Crippen molar-refractivity contribution >= 4 is 16.8 Å². The van der Waals surface area contributed by atoms with Gasteiger partial charge in [-0.15, -0.1) is 0 Å². The molecule has 1 amide bonds. The van der Waals surface area contributed by atoms with E-state index in [-0.39, 0.29) is 18.4 Å². The molecule has 1 heterocycles. The zero-order valence-electron chi connectivity index (χ0n) is 18.6. The van der Waals surface area contributed by atoms with Crippen molar-refractivity contribution in [3.63, 3.8) is 0 Å². The number of H-pyrrole nitrogens is 1. The molecule has 5 heteroatoms. The van der Waals surface area contributed by atoms with Gasteiger partial charge >= 0.3 is 0 Å². The van der Waals surface area contributed by atoms with Gasteiger partial charge in [-0.25, -0.2) is 0 Å². The highest BCUT2D eigenvalue weighted by Crippen LogP contribution is 2.31. The number of rotatable bonds is 8. The summed E-state index contributed by atoms with van der Waals surface area (Å²) in [6.07, 6.45) is 2.03. The van der Waals surface area contributed by atoms with E-state index in [0.29, 0.717) is 6.54 Å². The van der Waals surface area contributed by atoms with Gasteiger partial charge in [-0.05, 0) is 54.3 Å². The maximum absolute atomic E-state index is 12.6. The number of nitrogens with one attached hydrogen (secondary N) is 2. The molecule has 0 saturated heterocycles. The highest BCUT2D eigenvalue weighted by Gasteiger charge is 2.19. The van der Waals surface area contributed by atoms with Crippen molar-refractivity contribution in [2.75, 3.05) is 20.3 Å². The lowest BCUT2D eigenvalue weighted by molar-refractivity contribution is -0.123. The van der Waals surface area contributed by atoms with Gasteiger partial charge in [0.05, 0.1) is 7.11 Å². The Hall–Kier alpha value is -3.73. The van der Waals surface area contributed by atoms with Crippen LogP contribution in [0.3, 0.4) is 0 Å². The Bertz CT molecular complexity index is 1190. The van der Waals surface area contributed by atoms with Crippen LogP contribution in [0, 0.1) is 13.8 Å². The highest BCUT2D eigenvalue weighted by atomic mass is 16.5. The summed E-state index contributed by atoms with van der Waals surface area (Å²) in [5.41, 5.74) is 5.36. The number of carbonyl (C=O) groups is 1. The average molecular weight is 429 g/mol. The van der Waals surface area contributed by atoms with E-state index < -0.39 is 0 Å². The first-order valence-corrected chi connectivity index (χ1v) is 10.7. The molecule has 0 aliphatic rings. The minimum Gasteiger partial charge on any atom is -0.497 e. The van der Waals surface area contributed by atoms with E-state index in [1.54, 1.807) is 7.11 Å². The maximum atomic E-state index is 12.6. The Morgan fingerprint density at radius 2 is 1.69 bits per heavy atom. The first-order valence-electron chi connectivity index (χ1n) is 10.7. The second-order valence-electron chi connectivity index (χ2n) is 7.93. The molecule has 0 fully saturated rings. The Labute approximate surface area is 188 Å². The summed E-state index contributed by atoms with van der Waals surface area (Å²) in [7, 11) is 1.66. The molecule has 164 valence electrons. The molecule has 0 saturated carbocycles. The van der Waals surface area contributed by atoms with Gasteiger partial charge in [-0.3, -0.25) is 4.79 Å². The molecule has 4 rings (SSSR count). The summed E-state index contributed by atoms with van der Waals surface area (Å²) >= 11 is 0. The monoisotopic (exact) mass is 428 g/mol. The molecule has 0 aliphatic carbocycles. The van der Waals surface area contributed by atoms with E-state index in [2.05, 4.69) is 22.4 Å². The number of aryl methyl sites for hydroxylation is 2. The fourth-order valence-electron chi connectivity index (χ4n) is 4.06. The van der Waals surface area contributed by atoms with Crippen LogP contribution in [0.25, 0.3) is 10.9 Å². The van der Waals surface area contributed by atoms with Gasteiger partial charge in [0, 0.05) is 29.6 Å². The molecule has 2 N–H and O–H groups in total. The molecular formula is C27H28N2O3. The Balaban J connectivity index is 1.52. The molecule has 0 aliphatic heterocycles. The minimum absolute atomic E-state index is 0.0128. The molecule has 1 aromatic heterocycles. The number of carbonyl (C=O) groups excluding carboxylic acids is 1. The van der Waals surface area contributed by atoms with Crippen LogP contribution in [0.4, 0.5) is 0 Å². The third-order valence-corrected chi connectivity index (χ3v) is 5.77. The molecule has 5 nitrogen and oxygen atoms in total. The van der Waals surface area contributed by atoms with Crippen LogP contribution in [-0.4, -0.2) is 31.2 Å². The predicted octanol–water partition coefficient (Wildman–Crippen LogP) is 5.12. The van der Waals surface area contributed by atoms with E-state index in [4.69, 9.17) is 9.47 Å². The summed E-state index contributed by atoms with van der Waals surface area (Å²) in [4.78, 5) is 16.0. The highest BCUT2D eigenvalue weighted by molar-refractivity contribution is 5.84. The van der Waals surface area contributed by atoms with Gasteiger partial charge in [0.25, 0.3) is 5.91 Å². The standard InChI is InChI=1S/C27H28N2O3/c1-18-7-6-8-19(2)27(18)32-17-26(30)29-15-23(20-11-13-21(31-3)14-12-20)24-16-28-25-10-5-4-9-22(24)25/h4-14,16,23,28H,15,17H2,1-3H3,(H,29,30)/t23-/m0/s1. The van der Waals surface area contributed by atoms with Crippen molar-refractivity contribution in [1.82, 2.24) is 10.3 Å². The van der Waals surface area contributed by atoms with E-state index in [9.17, 15) is 4.79 Å². The van der Waals surface area contributed by atoms with Gasteiger partial charge in [0.15, 0.2) is 6.61 Å². The number of methoxy groups -OCH3 is 1. The third kappa shape index (κ3) is 4.62. The third-order valence-electron chi connectivity index (χ3n) is 5.77. The summed E-state index contributed by atoms with van der Waals surface area (Å²) in [5.74, 6) is 1.41. The first kappa shape index (κ1) is 21.5. The Morgan fingerprint density at radius 1 is 0.969 bits per heavy atom.